The summed E-state index contributed by atoms with van der Waals surface area (Å²) in [4.78, 5) is 28.6. The van der Waals surface area contributed by atoms with E-state index in [1.807, 2.05) is 19.1 Å². The van der Waals surface area contributed by atoms with Crippen molar-refractivity contribution < 1.29 is 14.4 Å². The molecule has 6 nitrogen and oxygen atoms in total. The van der Waals surface area contributed by atoms with Gasteiger partial charge in [0.25, 0.3) is 11.8 Å². The van der Waals surface area contributed by atoms with Crippen LogP contribution in [-0.4, -0.2) is 25.1 Å². The van der Waals surface area contributed by atoms with Gasteiger partial charge in [-0.15, -0.1) is 0 Å². The Hall–Kier alpha value is -3.15. The van der Waals surface area contributed by atoms with Crippen molar-refractivity contribution in [1.29, 1.82) is 0 Å². The molecule has 0 saturated carbocycles. The molecular weight excluding hydrogens is 306 g/mol. The minimum Gasteiger partial charge on any atom is -0.399 e. The molecule has 124 valence electrons. The van der Waals surface area contributed by atoms with E-state index in [1.165, 1.54) is 13.3 Å². The number of nitrogens with one attached hydrogen (secondary N) is 2. The van der Waals surface area contributed by atoms with Gasteiger partial charge in [-0.2, -0.15) is 0 Å². The number of amides is 2. The normalized spacial score (nSPS) is 10.4. The molecule has 2 amide bonds. The van der Waals surface area contributed by atoms with Gasteiger partial charge in [0.15, 0.2) is 0 Å². The van der Waals surface area contributed by atoms with Crippen molar-refractivity contribution in [3.63, 3.8) is 0 Å². The van der Waals surface area contributed by atoms with E-state index in [0.29, 0.717) is 11.1 Å². The summed E-state index contributed by atoms with van der Waals surface area (Å²) < 4.78 is 0. The molecule has 2 aromatic rings. The van der Waals surface area contributed by atoms with E-state index < -0.39 is 5.91 Å². The summed E-state index contributed by atoms with van der Waals surface area (Å²) in [6, 6.07) is 13.9. The molecule has 2 N–H and O–H groups in total. The lowest BCUT2D eigenvalue weighted by atomic mass is 10.1. The molecule has 0 bridgehead atoms. The first-order valence-electron chi connectivity index (χ1n) is 7.50. The van der Waals surface area contributed by atoms with Crippen molar-refractivity contribution in [2.45, 2.75) is 13.3 Å². The number of hydrazine groups is 1. The predicted molar refractivity (Wildman–Crippen MR) is 91.8 cm³/mol. The maximum atomic E-state index is 12.0. The summed E-state index contributed by atoms with van der Waals surface area (Å²) in [5.41, 5.74) is 7.64. The van der Waals surface area contributed by atoms with E-state index in [4.69, 9.17) is 0 Å². The standard InChI is InChI=1S/C18H19N3O3/c1-3-13-4-8-15(9-5-13)17(22)20-21-18(23)16-10-6-14(7-11-16)12-19-24-2/h4-12H,3H2,1-2H3,(H,20,22)(H,21,23). The molecule has 2 aromatic carbocycles. The molecule has 6 heteroatoms. The van der Waals surface area contributed by atoms with Gasteiger partial charge in [-0.25, -0.2) is 0 Å². The molecule has 2 rings (SSSR count). The highest BCUT2D eigenvalue weighted by Crippen LogP contribution is 2.05. The lowest BCUT2D eigenvalue weighted by Crippen LogP contribution is -2.41. The highest BCUT2D eigenvalue weighted by molar-refractivity contribution is 5.99. The molecule has 0 aromatic heterocycles. The summed E-state index contributed by atoms with van der Waals surface area (Å²) in [6.07, 6.45) is 2.44. The third-order valence-electron chi connectivity index (χ3n) is 3.39. The molecule has 0 atom stereocenters. The van der Waals surface area contributed by atoms with Crippen LogP contribution in [0.25, 0.3) is 0 Å². The fraction of sp³-hybridized carbons (Fsp3) is 0.167. The highest BCUT2D eigenvalue weighted by Gasteiger charge is 2.09. The Morgan fingerprint density at radius 2 is 1.46 bits per heavy atom. The third kappa shape index (κ3) is 4.67. The van der Waals surface area contributed by atoms with E-state index in [1.54, 1.807) is 36.4 Å². The number of carbonyl (C=O) groups is 2. The summed E-state index contributed by atoms with van der Waals surface area (Å²) >= 11 is 0. The highest BCUT2D eigenvalue weighted by atomic mass is 16.6. The van der Waals surface area contributed by atoms with Crippen molar-refractivity contribution in [2.24, 2.45) is 5.16 Å². The minimum atomic E-state index is -0.399. The Morgan fingerprint density at radius 1 is 0.958 bits per heavy atom. The second-order valence-corrected chi connectivity index (χ2v) is 5.00. The zero-order valence-corrected chi connectivity index (χ0v) is 13.6. The second-order valence-electron chi connectivity index (χ2n) is 5.00. The van der Waals surface area contributed by atoms with E-state index in [0.717, 1.165) is 17.5 Å². The Morgan fingerprint density at radius 3 is 1.92 bits per heavy atom. The van der Waals surface area contributed by atoms with Crippen molar-refractivity contribution in [3.8, 4) is 0 Å². The quantitative estimate of drug-likeness (QED) is 0.654. The summed E-state index contributed by atoms with van der Waals surface area (Å²) in [5, 5.41) is 3.64. The van der Waals surface area contributed by atoms with Crippen LogP contribution in [0.5, 0.6) is 0 Å². The number of nitrogens with zero attached hydrogens (tertiary/aromatic N) is 1. The van der Waals surface area contributed by atoms with E-state index in [2.05, 4.69) is 20.8 Å². The van der Waals surface area contributed by atoms with E-state index in [9.17, 15) is 9.59 Å². The maximum absolute atomic E-state index is 12.0. The Bertz CT molecular complexity index is 722. The van der Waals surface area contributed by atoms with Crippen molar-refractivity contribution >= 4 is 18.0 Å². The molecule has 0 unspecified atom stereocenters. The predicted octanol–water partition coefficient (Wildman–Crippen LogP) is 2.30. The number of rotatable bonds is 5. The molecule has 0 spiro atoms. The number of oxime groups is 1. The zero-order chi connectivity index (χ0) is 17.4. The van der Waals surface area contributed by atoms with Crippen LogP contribution in [0.2, 0.25) is 0 Å². The topological polar surface area (TPSA) is 79.8 Å². The molecule has 0 aliphatic rings. The maximum Gasteiger partial charge on any atom is 0.269 e. The number of hydrogen-bond acceptors (Lipinski definition) is 4. The van der Waals surface area contributed by atoms with Crippen LogP contribution in [0.3, 0.4) is 0 Å². The van der Waals surface area contributed by atoms with Crippen LogP contribution in [0.1, 0.15) is 38.8 Å². The van der Waals surface area contributed by atoms with Crippen LogP contribution in [0.15, 0.2) is 53.7 Å². The van der Waals surface area contributed by atoms with Crippen molar-refractivity contribution in [1.82, 2.24) is 10.9 Å². The van der Waals surface area contributed by atoms with Crippen LogP contribution >= 0.6 is 0 Å². The van der Waals surface area contributed by atoms with Crippen LogP contribution in [0, 0.1) is 0 Å². The molecule has 0 saturated heterocycles. The minimum absolute atomic E-state index is 0.366. The van der Waals surface area contributed by atoms with Crippen molar-refractivity contribution in [3.05, 3.63) is 70.8 Å². The summed E-state index contributed by atoms with van der Waals surface area (Å²) in [6.45, 7) is 2.04. The Kier molecular flexibility index (Phi) is 6.08. The number of hydrogen-bond donors (Lipinski definition) is 2. The first kappa shape index (κ1) is 17.2. The number of aryl methyl sites for hydroxylation is 1. The molecular formula is C18H19N3O3. The summed E-state index contributed by atoms with van der Waals surface area (Å²) in [7, 11) is 1.46. The average molecular weight is 325 g/mol. The average Bonchev–Trinajstić information content (AvgIpc) is 2.64. The van der Waals surface area contributed by atoms with Crippen LogP contribution < -0.4 is 10.9 Å². The molecule has 0 aliphatic heterocycles. The Balaban J connectivity index is 1.91. The van der Waals surface area contributed by atoms with Gasteiger partial charge in [0.05, 0.1) is 6.21 Å². The van der Waals surface area contributed by atoms with Gasteiger partial charge in [0.2, 0.25) is 0 Å². The Labute approximate surface area is 140 Å². The fourth-order valence-corrected chi connectivity index (χ4v) is 1.98. The lowest BCUT2D eigenvalue weighted by molar-refractivity contribution is 0.0846. The van der Waals surface area contributed by atoms with E-state index >= 15 is 0 Å². The molecule has 24 heavy (non-hydrogen) atoms. The second kappa shape index (κ2) is 8.47. The van der Waals surface area contributed by atoms with Gasteiger partial charge in [-0.3, -0.25) is 20.4 Å². The number of carbonyl (C=O) groups excluding carboxylic acids is 2. The van der Waals surface area contributed by atoms with Crippen LogP contribution in [0.4, 0.5) is 0 Å². The smallest absolute Gasteiger partial charge is 0.269 e. The monoisotopic (exact) mass is 325 g/mol. The van der Waals surface area contributed by atoms with Gasteiger partial charge in [-0.05, 0) is 41.8 Å². The van der Waals surface area contributed by atoms with Gasteiger partial charge in [0, 0.05) is 11.1 Å². The third-order valence-corrected chi connectivity index (χ3v) is 3.39. The molecule has 0 fully saturated rings. The van der Waals surface area contributed by atoms with Gasteiger partial charge in [-0.1, -0.05) is 36.3 Å². The largest absolute Gasteiger partial charge is 0.399 e. The summed E-state index contributed by atoms with van der Waals surface area (Å²) in [5.74, 6) is -0.765. The first-order chi connectivity index (χ1) is 11.6. The zero-order valence-electron chi connectivity index (χ0n) is 13.6. The van der Waals surface area contributed by atoms with E-state index in [-0.39, 0.29) is 5.91 Å². The van der Waals surface area contributed by atoms with Crippen molar-refractivity contribution in [2.75, 3.05) is 7.11 Å². The fourth-order valence-electron chi connectivity index (χ4n) is 1.98. The molecule has 0 radical (unpaired) electrons. The lowest BCUT2D eigenvalue weighted by Gasteiger charge is -2.08. The van der Waals surface area contributed by atoms with Gasteiger partial charge >= 0.3 is 0 Å². The first-order valence-corrected chi connectivity index (χ1v) is 7.50. The van der Waals surface area contributed by atoms with Gasteiger partial charge < -0.3 is 4.84 Å². The van der Waals surface area contributed by atoms with Gasteiger partial charge in [0.1, 0.15) is 7.11 Å². The SMILES string of the molecule is CCc1ccc(C(=O)NNC(=O)c2ccc(C=NOC)cc2)cc1. The number of benzene rings is 2. The molecule has 0 heterocycles. The van der Waals surface area contributed by atoms with Crippen LogP contribution in [-0.2, 0) is 11.3 Å². The molecule has 0 aliphatic carbocycles.